The maximum atomic E-state index is 11.8. The first-order valence-electron chi connectivity index (χ1n) is 5.95. The van der Waals surface area contributed by atoms with Crippen LogP contribution in [0.5, 0.6) is 0 Å². The molecule has 0 aromatic heterocycles. The second-order valence-corrected chi connectivity index (χ2v) is 6.14. The lowest BCUT2D eigenvalue weighted by molar-refractivity contribution is 0.00932. The van der Waals surface area contributed by atoms with Crippen LogP contribution in [0.2, 0.25) is 0 Å². The molecule has 92 valence electrons. The van der Waals surface area contributed by atoms with Gasteiger partial charge in [0.2, 0.25) is 0 Å². The van der Waals surface area contributed by atoms with Crippen molar-refractivity contribution in [1.82, 2.24) is 10.2 Å². The number of hydrogen-bond acceptors (Lipinski definition) is 3. The number of carbonyl (C=O) groups excluding carboxylic acids is 1. The summed E-state index contributed by atoms with van der Waals surface area (Å²) in [5.74, 6) is 1.10. The monoisotopic (exact) mass is 244 g/mol. The van der Waals surface area contributed by atoms with Crippen molar-refractivity contribution in [3.05, 3.63) is 0 Å². The highest BCUT2D eigenvalue weighted by molar-refractivity contribution is 8.00. The van der Waals surface area contributed by atoms with Crippen LogP contribution >= 0.6 is 11.8 Å². The van der Waals surface area contributed by atoms with E-state index in [9.17, 15) is 4.79 Å². The van der Waals surface area contributed by atoms with Crippen LogP contribution in [-0.4, -0.2) is 47.4 Å². The molecule has 2 aliphatic heterocycles. The van der Waals surface area contributed by atoms with Gasteiger partial charge in [0.15, 0.2) is 0 Å². The Labute approximate surface area is 101 Å². The lowest BCUT2D eigenvalue weighted by Crippen LogP contribution is -2.50. The van der Waals surface area contributed by atoms with E-state index in [0.29, 0.717) is 0 Å². The molecule has 2 aliphatic rings. The highest BCUT2D eigenvalue weighted by Gasteiger charge is 2.40. The molecule has 1 N–H and O–H groups in total. The summed E-state index contributed by atoms with van der Waals surface area (Å²) >= 11 is 1.91. The van der Waals surface area contributed by atoms with Crippen molar-refractivity contribution in [3.63, 3.8) is 0 Å². The molecule has 1 spiro atoms. The molecule has 0 unspecified atom stereocenters. The molecule has 0 radical (unpaired) electrons. The van der Waals surface area contributed by atoms with Gasteiger partial charge in [-0.05, 0) is 13.8 Å². The molecular weight excluding hydrogens is 224 g/mol. The number of amides is 2. The fourth-order valence-corrected chi connectivity index (χ4v) is 3.35. The molecule has 2 fully saturated rings. The van der Waals surface area contributed by atoms with Crippen LogP contribution in [0.1, 0.15) is 26.7 Å². The summed E-state index contributed by atoms with van der Waals surface area (Å²) in [6.45, 7) is 6.46. The van der Waals surface area contributed by atoms with Crippen molar-refractivity contribution in [2.24, 2.45) is 0 Å². The van der Waals surface area contributed by atoms with Crippen LogP contribution in [0.15, 0.2) is 0 Å². The van der Waals surface area contributed by atoms with E-state index in [0.717, 1.165) is 38.3 Å². The van der Waals surface area contributed by atoms with E-state index in [1.165, 1.54) is 0 Å². The van der Waals surface area contributed by atoms with Crippen molar-refractivity contribution in [3.8, 4) is 0 Å². The van der Waals surface area contributed by atoms with Crippen LogP contribution in [0.25, 0.3) is 0 Å². The Hall–Kier alpha value is -0.420. The Bertz CT molecular complexity index is 255. The fourth-order valence-electron chi connectivity index (χ4n) is 2.17. The highest BCUT2D eigenvalue weighted by atomic mass is 32.2. The third-order valence-electron chi connectivity index (χ3n) is 3.04. The van der Waals surface area contributed by atoms with E-state index in [1.54, 1.807) is 0 Å². The van der Waals surface area contributed by atoms with Gasteiger partial charge in [-0.25, -0.2) is 4.79 Å². The van der Waals surface area contributed by atoms with Gasteiger partial charge in [-0.15, -0.1) is 11.8 Å². The number of thioether (sulfide) groups is 1. The molecular formula is C11H20N2O2S. The van der Waals surface area contributed by atoms with E-state index >= 15 is 0 Å². The maximum Gasteiger partial charge on any atom is 0.317 e. The minimum absolute atomic E-state index is 0.0224. The van der Waals surface area contributed by atoms with Crippen LogP contribution < -0.4 is 5.32 Å². The summed E-state index contributed by atoms with van der Waals surface area (Å²) in [5.41, 5.74) is 0. The standard InChI is InChI=1S/C11H20N2O2S/c1-9(2)12-10(14)13-5-3-11(4-6-13)15-7-8-16-11/h9H,3-8H2,1-2H3,(H,12,14). The van der Waals surface area contributed by atoms with Crippen LogP contribution in [-0.2, 0) is 4.74 Å². The number of urea groups is 1. The molecule has 2 amide bonds. The quantitative estimate of drug-likeness (QED) is 0.762. The van der Waals surface area contributed by atoms with Gasteiger partial charge in [-0.2, -0.15) is 0 Å². The lowest BCUT2D eigenvalue weighted by atomic mass is 10.1. The summed E-state index contributed by atoms with van der Waals surface area (Å²) in [7, 11) is 0. The van der Waals surface area contributed by atoms with Crippen molar-refractivity contribution in [2.75, 3.05) is 25.4 Å². The lowest BCUT2D eigenvalue weighted by Gasteiger charge is -2.38. The van der Waals surface area contributed by atoms with Gasteiger partial charge in [0.05, 0.1) is 6.61 Å². The molecule has 0 atom stereocenters. The zero-order valence-electron chi connectivity index (χ0n) is 9.99. The summed E-state index contributed by atoms with van der Waals surface area (Å²) < 4.78 is 5.80. The molecule has 2 rings (SSSR count). The van der Waals surface area contributed by atoms with Crippen LogP contribution in [0.4, 0.5) is 4.79 Å². The Balaban J connectivity index is 1.82. The topological polar surface area (TPSA) is 41.6 Å². The molecule has 4 nitrogen and oxygen atoms in total. The molecule has 0 aliphatic carbocycles. The van der Waals surface area contributed by atoms with Crippen molar-refractivity contribution < 1.29 is 9.53 Å². The van der Waals surface area contributed by atoms with Crippen molar-refractivity contribution in [1.29, 1.82) is 0 Å². The molecule has 0 aromatic carbocycles. The van der Waals surface area contributed by atoms with E-state index < -0.39 is 0 Å². The molecule has 5 heteroatoms. The summed E-state index contributed by atoms with van der Waals surface area (Å²) in [6.07, 6.45) is 1.92. The molecule has 0 aromatic rings. The summed E-state index contributed by atoms with van der Waals surface area (Å²) in [5, 5.41) is 2.93. The average molecular weight is 244 g/mol. The van der Waals surface area contributed by atoms with Gasteiger partial charge in [0, 0.05) is 37.7 Å². The largest absolute Gasteiger partial charge is 0.363 e. The Morgan fingerprint density at radius 3 is 2.62 bits per heavy atom. The molecule has 0 bridgehead atoms. The first kappa shape index (κ1) is 12.0. The molecule has 2 saturated heterocycles. The molecule has 0 saturated carbocycles. The van der Waals surface area contributed by atoms with Crippen LogP contribution in [0, 0.1) is 0 Å². The number of piperidine rings is 1. The summed E-state index contributed by atoms with van der Waals surface area (Å²) in [4.78, 5) is 13.7. The number of nitrogens with one attached hydrogen (secondary N) is 1. The fraction of sp³-hybridized carbons (Fsp3) is 0.909. The van der Waals surface area contributed by atoms with E-state index in [1.807, 2.05) is 30.5 Å². The normalized spacial score (nSPS) is 24.1. The average Bonchev–Trinajstić information content (AvgIpc) is 2.66. The Kier molecular flexibility index (Phi) is 3.64. The van der Waals surface area contributed by atoms with Gasteiger partial charge < -0.3 is 15.0 Å². The smallest absolute Gasteiger partial charge is 0.317 e. The summed E-state index contributed by atoms with van der Waals surface area (Å²) in [6, 6.07) is 0.272. The van der Waals surface area contributed by atoms with Crippen LogP contribution in [0.3, 0.4) is 0 Å². The number of ether oxygens (including phenoxy) is 1. The molecule has 2 heterocycles. The minimum atomic E-state index is 0.0224. The maximum absolute atomic E-state index is 11.8. The SMILES string of the molecule is CC(C)NC(=O)N1CCC2(CC1)OCCS2. The second kappa shape index (κ2) is 4.84. The van der Waals surface area contributed by atoms with E-state index in [4.69, 9.17) is 4.74 Å². The van der Waals surface area contributed by atoms with E-state index in [-0.39, 0.29) is 17.0 Å². The predicted octanol–water partition coefficient (Wildman–Crippen LogP) is 1.66. The molecule has 16 heavy (non-hydrogen) atoms. The third-order valence-corrected chi connectivity index (χ3v) is 4.46. The highest BCUT2D eigenvalue weighted by Crippen LogP contribution is 2.41. The van der Waals surface area contributed by atoms with Gasteiger partial charge in [0.1, 0.15) is 4.93 Å². The number of rotatable bonds is 1. The van der Waals surface area contributed by atoms with Gasteiger partial charge >= 0.3 is 6.03 Å². The first-order chi connectivity index (χ1) is 7.61. The number of nitrogens with zero attached hydrogens (tertiary/aromatic N) is 1. The van der Waals surface area contributed by atoms with Gasteiger partial charge in [0.25, 0.3) is 0 Å². The number of hydrogen-bond donors (Lipinski definition) is 1. The zero-order chi connectivity index (χ0) is 11.6. The third kappa shape index (κ3) is 2.63. The van der Waals surface area contributed by atoms with Gasteiger partial charge in [-0.3, -0.25) is 0 Å². The second-order valence-electron chi connectivity index (χ2n) is 4.70. The first-order valence-corrected chi connectivity index (χ1v) is 6.93. The number of carbonyl (C=O) groups is 1. The van der Waals surface area contributed by atoms with Crippen molar-refractivity contribution >= 4 is 17.8 Å². The zero-order valence-corrected chi connectivity index (χ0v) is 10.8. The number of likely N-dealkylation sites (tertiary alicyclic amines) is 1. The minimum Gasteiger partial charge on any atom is -0.363 e. The van der Waals surface area contributed by atoms with E-state index in [2.05, 4.69) is 5.32 Å². The van der Waals surface area contributed by atoms with Gasteiger partial charge in [-0.1, -0.05) is 0 Å². The van der Waals surface area contributed by atoms with Crippen molar-refractivity contribution in [2.45, 2.75) is 37.7 Å². The predicted molar refractivity (Wildman–Crippen MR) is 65.6 cm³/mol. The Morgan fingerprint density at radius 2 is 2.12 bits per heavy atom. The Morgan fingerprint density at radius 1 is 1.44 bits per heavy atom.